The smallest absolute Gasteiger partial charge is 0.338 e. The third-order valence-corrected chi connectivity index (χ3v) is 3.00. The molecular weight excluding hydrogens is 272 g/mol. The van der Waals surface area contributed by atoms with Crippen LogP contribution >= 0.6 is 0 Å². The Morgan fingerprint density at radius 2 is 1.86 bits per heavy atom. The summed E-state index contributed by atoms with van der Waals surface area (Å²) in [6.45, 7) is 4.21. The molecule has 0 bridgehead atoms. The Bertz CT molecular complexity index is 483. The molecule has 0 heterocycles. The molecule has 1 rings (SSSR count). The second kappa shape index (κ2) is 7.75. The van der Waals surface area contributed by atoms with E-state index in [1.807, 2.05) is 19.1 Å². The van der Waals surface area contributed by atoms with Gasteiger partial charge in [-0.1, -0.05) is 17.7 Å². The molecular formula is C15H22N2O4. The lowest BCUT2D eigenvalue weighted by Gasteiger charge is -2.20. The lowest BCUT2D eigenvalue weighted by atomic mass is 10.1. The number of methoxy groups -OCH3 is 1. The quantitative estimate of drug-likeness (QED) is 0.495. The van der Waals surface area contributed by atoms with Crippen molar-refractivity contribution in [1.29, 1.82) is 0 Å². The van der Waals surface area contributed by atoms with E-state index in [0.717, 1.165) is 5.56 Å². The maximum Gasteiger partial charge on any atom is 0.338 e. The SMILES string of the molecule is COC(=O)C(C)(O)CNCCNC(=O)c1ccc(C)cc1. The Hall–Kier alpha value is -1.92. The summed E-state index contributed by atoms with van der Waals surface area (Å²) in [4.78, 5) is 23.0. The summed E-state index contributed by atoms with van der Waals surface area (Å²) in [5, 5.41) is 15.4. The summed E-state index contributed by atoms with van der Waals surface area (Å²) < 4.78 is 4.48. The highest BCUT2D eigenvalue weighted by molar-refractivity contribution is 5.94. The molecule has 1 unspecified atom stereocenters. The van der Waals surface area contributed by atoms with Crippen LogP contribution in [0.5, 0.6) is 0 Å². The Labute approximate surface area is 124 Å². The third kappa shape index (κ3) is 5.53. The van der Waals surface area contributed by atoms with Gasteiger partial charge in [-0.05, 0) is 26.0 Å². The van der Waals surface area contributed by atoms with E-state index >= 15 is 0 Å². The molecule has 3 N–H and O–H groups in total. The van der Waals surface area contributed by atoms with Gasteiger partial charge in [0, 0.05) is 25.2 Å². The summed E-state index contributed by atoms with van der Waals surface area (Å²) in [5.41, 5.74) is 0.121. The molecule has 21 heavy (non-hydrogen) atoms. The van der Waals surface area contributed by atoms with Crippen LogP contribution in [0.15, 0.2) is 24.3 Å². The van der Waals surface area contributed by atoms with Crippen LogP contribution in [0.1, 0.15) is 22.8 Å². The molecule has 0 radical (unpaired) electrons. The number of ether oxygens (including phenoxy) is 1. The largest absolute Gasteiger partial charge is 0.467 e. The fourth-order valence-electron chi connectivity index (χ4n) is 1.70. The zero-order chi connectivity index (χ0) is 15.9. The Morgan fingerprint density at radius 3 is 2.43 bits per heavy atom. The van der Waals surface area contributed by atoms with Crippen LogP contribution < -0.4 is 10.6 Å². The highest BCUT2D eigenvalue weighted by Crippen LogP contribution is 2.04. The van der Waals surface area contributed by atoms with Crippen molar-refractivity contribution in [3.05, 3.63) is 35.4 Å². The maximum atomic E-state index is 11.8. The van der Waals surface area contributed by atoms with Gasteiger partial charge in [0.05, 0.1) is 7.11 Å². The highest BCUT2D eigenvalue weighted by atomic mass is 16.5. The second-order valence-electron chi connectivity index (χ2n) is 5.06. The van der Waals surface area contributed by atoms with E-state index in [1.54, 1.807) is 12.1 Å². The van der Waals surface area contributed by atoms with Crippen molar-refractivity contribution in [2.45, 2.75) is 19.4 Å². The molecule has 6 heteroatoms. The van der Waals surface area contributed by atoms with Crippen molar-refractivity contribution in [3.63, 3.8) is 0 Å². The van der Waals surface area contributed by atoms with Crippen LogP contribution in [0, 0.1) is 6.92 Å². The van der Waals surface area contributed by atoms with Crippen molar-refractivity contribution in [2.75, 3.05) is 26.7 Å². The predicted octanol–water partition coefficient (Wildman–Crippen LogP) is 0.238. The first-order valence-corrected chi connectivity index (χ1v) is 6.73. The summed E-state index contributed by atoms with van der Waals surface area (Å²) >= 11 is 0. The normalized spacial score (nSPS) is 13.3. The van der Waals surface area contributed by atoms with Crippen LogP contribution in [-0.4, -0.2) is 49.3 Å². The van der Waals surface area contributed by atoms with E-state index in [4.69, 9.17) is 0 Å². The van der Waals surface area contributed by atoms with Gasteiger partial charge in [0.25, 0.3) is 5.91 Å². The van der Waals surface area contributed by atoms with Crippen molar-refractivity contribution in [3.8, 4) is 0 Å². The van der Waals surface area contributed by atoms with Crippen LogP contribution in [0.3, 0.4) is 0 Å². The first kappa shape index (κ1) is 17.1. The minimum atomic E-state index is -1.57. The molecule has 6 nitrogen and oxygen atoms in total. The molecule has 116 valence electrons. The zero-order valence-electron chi connectivity index (χ0n) is 12.6. The molecule has 1 amide bonds. The summed E-state index contributed by atoms with van der Waals surface area (Å²) in [5.74, 6) is -0.852. The van der Waals surface area contributed by atoms with Crippen LogP contribution in [0.25, 0.3) is 0 Å². The topological polar surface area (TPSA) is 87.7 Å². The number of esters is 1. The minimum absolute atomic E-state index is 0.0556. The number of carbonyl (C=O) groups is 2. The number of aryl methyl sites for hydroxylation is 1. The van der Waals surface area contributed by atoms with E-state index in [1.165, 1.54) is 14.0 Å². The van der Waals surface area contributed by atoms with E-state index in [2.05, 4.69) is 15.4 Å². The predicted molar refractivity (Wildman–Crippen MR) is 79.0 cm³/mol. The highest BCUT2D eigenvalue weighted by Gasteiger charge is 2.30. The van der Waals surface area contributed by atoms with Gasteiger partial charge >= 0.3 is 5.97 Å². The molecule has 0 saturated heterocycles. The number of benzene rings is 1. The van der Waals surface area contributed by atoms with E-state index in [0.29, 0.717) is 18.7 Å². The molecule has 0 spiro atoms. The summed E-state index contributed by atoms with van der Waals surface area (Å²) in [6.07, 6.45) is 0. The molecule has 0 aliphatic carbocycles. The van der Waals surface area contributed by atoms with Crippen LogP contribution in [-0.2, 0) is 9.53 Å². The fraction of sp³-hybridized carbons (Fsp3) is 0.467. The molecule has 0 saturated carbocycles. The van der Waals surface area contributed by atoms with Gasteiger partial charge in [-0.25, -0.2) is 4.79 Å². The molecule has 1 aromatic rings. The number of rotatable bonds is 7. The van der Waals surface area contributed by atoms with E-state index < -0.39 is 11.6 Å². The average Bonchev–Trinajstić information content (AvgIpc) is 2.46. The molecule has 1 atom stereocenters. The standard InChI is InChI=1S/C15H22N2O4/c1-11-4-6-12(7-5-11)13(18)17-9-8-16-10-15(2,20)14(19)21-3/h4-7,16,20H,8-10H2,1-3H3,(H,17,18). The minimum Gasteiger partial charge on any atom is -0.467 e. The summed E-state index contributed by atoms with van der Waals surface area (Å²) in [6, 6.07) is 7.28. The molecule has 0 aliphatic heterocycles. The van der Waals surface area contributed by atoms with Crippen molar-refractivity contribution >= 4 is 11.9 Å². The Kier molecular flexibility index (Phi) is 6.33. The van der Waals surface area contributed by atoms with Gasteiger partial charge < -0.3 is 20.5 Å². The van der Waals surface area contributed by atoms with Crippen molar-refractivity contribution < 1.29 is 19.4 Å². The Balaban J connectivity index is 2.27. The van der Waals surface area contributed by atoms with E-state index in [9.17, 15) is 14.7 Å². The number of aliphatic hydroxyl groups is 1. The monoisotopic (exact) mass is 294 g/mol. The van der Waals surface area contributed by atoms with E-state index in [-0.39, 0.29) is 12.5 Å². The number of nitrogens with one attached hydrogen (secondary N) is 2. The maximum absolute atomic E-state index is 11.8. The number of carbonyl (C=O) groups excluding carboxylic acids is 2. The first-order chi connectivity index (χ1) is 9.86. The first-order valence-electron chi connectivity index (χ1n) is 6.73. The van der Waals surface area contributed by atoms with Crippen LogP contribution in [0.4, 0.5) is 0 Å². The number of amides is 1. The molecule has 0 fully saturated rings. The lowest BCUT2D eigenvalue weighted by molar-refractivity contribution is -0.159. The number of hydrogen-bond donors (Lipinski definition) is 3. The van der Waals surface area contributed by atoms with Gasteiger partial charge in [0.2, 0.25) is 0 Å². The van der Waals surface area contributed by atoms with Crippen molar-refractivity contribution in [1.82, 2.24) is 10.6 Å². The van der Waals surface area contributed by atoms with Crippen LogP contribution in [0.2, 0.25) is 0 Å². The van der Waals surface area contributed by atoms with Gasteiger partial charge in [0.15, 0.2) is 5.60 Å². The van der Waals surface area contributed by atoms with Gasteiger partial charge in [-0.15, -0.1) is 0 Å². The third-order valence-electron chi connectivity index (χ3n) is 3.00. The average molecular weight is 294 g/mol. The molecule has 0 aromatic heterocycles. The van der Waals surface area contributed by atoms with Gasteiger partial charge in [-0.2, -0.15) is 0 Å². The zero-order valence-corrected chi connectivity index (χ0v) is 12.6. The number of hydrogen-bond acceptors (Lipinski definition) is 5. The van der Waals surface area contributed by atoms with Gasteiger partial charge in [0.1, 0.15) is 0 Å². The molecule has 1 aromatic carbocycles. The van der Waals surface area contributed by atoms with Gasteiger partial charge in [-0.3, -0.25) is 4.79 Å². The van der Waals surface area contributed by atoms with Crippen molar-refractivity contribution in [2.24, 2.45) is 0 Å². The fourth-order valence-corrected chi connectivity index (χ4v) is 1.70. The second-order valence-corrected chi connectivity index (χ2v) is 5.06. The lowest BCUT2D eigenvalue weighted by Crippen LogP contribution is -2.47. The Morgan fingerprint density at radius 1 is 1.24 bits per heavy atom. The molecule has 0 aliphatic rings. The summed E-state index contributed by atoms with van der Waals surface area (Å²) in [7, 11) is 1.22.